The van der Waals surface area contributed by atoms with Gasteiger partial charge in [0.15, 0.2) is 18.3 Å². The number of aliphatic hydroxyl groups is 4. The molecule has 206 valence electrons. The number of aliphatic hydroxyl groups excluding tert-OH is 4. The summed E-state index contributed by atoms with van der Waals surface area (Å²) in [6.45, 7) is 2.89. The van der Waals surface area contributed by atoms with E-state index in [1.54, 1.807) is 0 Å². The van der Waals surface area contributed by atoms with E-state index in [0.717, 1.165) is 27.7 Å². The fraction of sp³-hybridized carbons (Fsp3) is 0.800. The van der Waals surface area contributed by atoms with Crippen molar-refractivity contribution < 1.29 is 72.8 Å². The van der Waals surface area contributed by atoms with Gasteiger partial charge >= 0.3 is 23.9 Å². The monoisotopic (exact) mass is 588 g/mol. The minimum Gasteiger partial charge on any atom is -0.463 e. The minimum atomic E-state index is -2.36. The zero-order valence-corrected chi connectivity index (χ0v) is 21.4. The topological polar surface area (TPSA) is 214 Å². The number of esters is 4. The number of carbonyl (C=O) groups excluding carboxylic acids is 4. The van der Waals surface area contributed by atoms with Crippen LogP contribution in [0, 0.1) is 0 Å². The first-order valence-corrected chi connectivity index (χ1v) is 11.5. The Bertz CT molecular complexity index is 821. The van der Waals surface area contributed by atoms with Crippen LogP contribution in [-0.2, 0) is 52.3 Å². The Hall–Kier alpha value is -1.92. The van der Waals surface area contributed by atoms with E-state index in [-0.39, 0.29) is 0 Å². The maximum Gasteiger partial charge on any atom is 0.303 e. The zero-order chi connectivity index (χ0) is 27.4. The number of alkyl halides is 1. The van der Waals surface area contributed by atoms with E-state index in [2.05, 4.69) is 15.9 Å². The minimum absolute atomic E-state index is 0.531. The lowest BCUT2D eigenvalue weighted by molar-refractivity contribution is -0.387. The van der Waals surface area contributed by atoms with Crippen molar-refractivity contribution in [3.05, 3.63) is 0 Å². The first-order valence-electron chi connectivity index (χ1n) is 10.7. The van der Waals surface area contributed by atoms with Crippen molar-refractivity contribution in [2.24, 2.45) is 0 Å². The van der Waals surface area contributed by atoms with E-state index >= 15 is 0 Å². The van der Waals surface area contributed by atoms with Crippen molar-refractivity contribution >= 4 is 39.8 Å². The van der Waals surface area contributed by atoms with E-state index in [1.807, 2.05) is 0 Å². The van der Waals surface area contributed by atoms with Gasteiger partial charge in [-0.2, -0.15) is 0 Å². The van der Waals surface area contributed by atoms with Crippen molar-refractivity contribution in [1.29, 1.82) is 0 Å². The summed E-state index contributed by atoms with van der Waals surface area (Å²) in [5.41, 5.74) is 0. The van der Waals surface area contributed by atoms with Gasteiger partial charge in [-0.3, -0.25) is 19.2 Å². The van der Waals surface area contributed by atoms with Crippen molar-refractivity contribution in [3.8, 4) is 0 Å². The smallest absolute Gasteiger partial charge is 0.303 e. The molecule has 4 N–H and O–H groups in total. The van der Waals surface area contributed by atoms with Gasteiger partial charge in [0, 0.05) is 27.7 Å². The summed E-state index contributed by atoms with van der Waals surface area (Å²) in [5.74, 6) is -3.33. The second kappa shape index (κ2) is 12.6. The van der Waals surface area contributed by atoms with Crippen LogP contribution in [0.2, 0.25) is 0 Å². The molecule has 0 aromatic heterocycles. The molecule has 0 aromatic carbocycles. The van der Waals surface area contributed by atoms with Crippen molar-refractivity contribution in [3.63, 3.8) is 0 Å². The van der Waals surface area contributed by atoms with E-state index in [4.69, 9.17) is 33.2 Å². The molecule has 10 atom stereocenters. The Morgan fingerprint density at radius 3 is 1.83 bits per heavy atom. The van der Waals surface area contributed by atoms with Crippen LogP contribution < -0.4 is 0 Å². The van der Waals surface area contributed by atoms with Gasteiger partial charge in [-0.1, -0.05) is 0 Å². The predicted molar refractivity (Wildman–Crippen MR) is 115 cm³/mol. The average molecular weight is 589 g/mol. The molecule has 16 heteroatoms. The standard InChI is InChI=1S/C20H29BrO15/c1-7(23)30-6-12-15(31-8(2)24)16(32-9(3)25)17(33-10(4)26)19(34-12)36-20(21)18(29)14(28)13(27)11(5-22)35-20/h11-19,22,27-29H,5-6H2,1-4H3/t11-,12-,13-,14+,15-,16+,17-,18-,19+,20+/m1/s1. The Morgan fingerprint density at radius 1 is 0.806 bits per heavy atom. The summed E-state index contributed by atoms with van der Waals surface area (Å²) in [7, 11) is 0. The molecule has 0 amide bonds. The molecule has 2 aliphatic rings. The van der Waals surface area contributed by atoms with Gasteiger partial charge < -0.3 is 53.6 Å². The zero-order valence-electron chi connectivity index (χ0n) is 19.8. The molecule has 2 saturated heterocycles. The molecule has 0 aliphatic carbocycles. The van der Waals surface area contributed by atoms with Gasteiger partial charge in [0.1, 0.15) is 37.1 Å². The van der Waals surface area contributed by atoms with Crippen LogP contribution in [0.15, 0.2) is 0 Å². The number of rotatable bonds is 8. The van der Waals surface area contributed by atoms with Crippen LogP contribution in [-0.4, -0.2) is 117 Å². The molecule has 2 heterocycles. The molecule has 15 nitrogen and oxygen atoms in total. The number of hydrogen-bond acceptors (Lipinski definition) is 15. The third-order valence-electron chi connectivity index (χ3n) is 5.12. The van der Waals surface area contributed by atoms with Gasteiger partial charge in [0.25, 0.3) is 4.70 Å². The van der Waals surface area contributed by atoms with E-state index in [0.29, 0.717) is 0 Å². The first-order chi connectivity index (χ1) is 16.7. The van der Waals surface area contributed by atoms with Crippen LogP contribution >= 0.6 is 15.9 Å². The maximum absolute atomic E-state index is 11.9. The molecule has 0 aromatic rings. The first kappa shape index (κ1) is 30.3. The third kappa shape index (κ3) is 7.32. The Labute approximate surface area is 213 Å². The lowest BCUT2D eigenvalue weighted by Gasteiger charge is -2.49. The van der Waals surface area contributed by atoms with Gasteiger partial charge in [0.05, 0.1) is 6.61 Å². The predicted octanol–water partition coefficient (Wildman–Crippen LogP) is -2.39. The van der Waals surface area contributed by atoms with Gasteiger partial charge in [0.2, 0.25) is 6.29 Å². The van der Waals surface area contributed by atoms with Gasteiger partial charge in [-0.05, 0) is 15.9 Å². The Morgan fingerprint density at radius 2 is 1.33 bits per heavy atom. The highest BCUT2D eigenvalue weighted by Crippen LogP contribution is 2.40. The van der Waals surface area contributed by atoms with Crippen LogP contribution in [0.3, 0.4) is 0 Å². The molecular formula is C20H29BrO15. The van der Waals surface area contributed by atoms with E-state index in [1.165, 1.54) is 0 Å². The molecule has 2 rings (SSSR count). The number of ether oxygens (including phenoxy) is 7. The lowest BCUT2D eigenvalue weighted by atomic mass is 9.97. The molecule has 0 spiro atoms. The number of carbonyl (C=O) groups is 4. The maximum atomic E-state index is 11.9. The van der Waals surface area contributed by atoms with Crippen LogP contribution in [0.1, 0.15) is 27.7 Å². The summed E-state index contributed by atoms with van der Waals surface area (Å²) in [6, 6.07) is 0. The van der Waals surface area contributed by atoms with Crippen LogP contribution in [0.5, 0.6) is 0 Å². The number of halogens is 1. The highest BCUT2D eigenvalue weighted by Gasteiger charge is 2.59. The van der Waals surface area contributed by atoms with Gasteiger partial charge in [-0.25, -0.2) is 0 Å². The van der Waals surface area contributed by atoms with Crippen LogP contribution in [0.25, 0.3) is 0 Å². The lowest BCUT2D eigenvalue weighted by Crippen LogP contribution is -2.68. The third-order valence-corrected chi connectivity index (χ3v) is 5.97. The number of hydrogen-bond donors (Lipinski definition) is 4. The summed E-state index contributed by atoms with van der Waals surface area (Å²) in [4.78, 5) is 47.0. The van der Waals surface area contributed by atoms with Gasteiger partial charge in [-0.15, -0.1) is 0 Å². The SMILES string of the molecule is CC(=O)OC[C@H]1O[C@@H](O[C@@]2(Br)O[C@H](CO)[C@@H](O)[C@H](O)[C@H]2O)[C@H](OC(C)=O)[C@@H](OC(C)=O)[C@@H]1OC(C)=O. The fourth-order valence-electron chi connectivity index (χ4n) is 3.64. The van der Waals surface area contributed by atoms with Crippen molar-refractivity contribution in [2.45, 2.75) is 87.5 Å². The average Bonchev–Trinajstić information content (AvgIpc) is 2.76. The summed E-state index contributed by atoms with van der Waals surface area (Å²) < 4.78 is 35.2. The quantitative estimate of drug-likeness (QED) is 0.132. The second-order valence-electron chi connectivity index (χ2n) is 8.03. The summed E-state index contributed by atoms with van der Waals surface area (Å²) >= 11 is 2.97. The highest BCUT2D eigenvalue weighted by atomic mass is 79.9. The summed E-state index contributed by atoms with van der Waals surface area (Å²) in [5, 5.41) is 40.3. The van der Waals surface area contributed by atoms with Crippen molar-refractivity contribution in [1.82, 2.24) is 0 Å². The van der Waals surface area contributed by atoms with E-state index in [9.17, 15) is 39.6 Å². The Balaban J connectivity index is 2.50. The highest BCUT2D eigenvalue weighted by molar-refractivity contribution is 9.10. The molecule has 36 heavy (non-hydrogen) atoms. The molecule has 2 fully saturated rings. The Kier molecular flexibility index (Phi) is 10.6. The fourth-order valence-corrected chi connectivity index (χ4v) is 4.34. The van der Waals surface area contributed by atoms with E-state index < -0.39 is 96.9 Å². The second-order valence-corrected chi connectivity index (χ2v) is 9.14. The largest absolute Gasteiger partial charge is 0.463 e. The van der Waals surface area contributed by atoms with Crippen LogP contribution in [0.4, 0.5) is 0 Å². The molecule has 0 bridgehead atoms. The molecule has 2 aliphatic heterocycles. The molecule has 0 radical (unpaired) electrons. The normalized spacial score (nSPS) is 38.5. The molecule has 0 unspecified atom stereocenters. The summed E-state index contributed by atoms with van der Waals surface area (Å²) in [6.07, 6.45) is -14.8. The molecular weight excluding hydrogens is 560 g/mol. The van der Waals surface area contributed by atoms with Crippen molar-refractivity contribution in [2.75, 3.05) is 13.2 Å². The molecule has 0 saturated carbocycles.